The smallest absolute Gasteiger partial charge is 0.292 e. The highest BCUT2D eigenvalue weighted by molar-refractivity contribution is 6.42. The van der Waals surface area contributed by atoms with Gasteiger partial charge in [-0.25, -0.2) is 0 Å². The molecule has 0 aliphatic rings. The summed E-state index contributed by atoms with van der Waals surface area (Å²) < 4.78 is 0. The number of hydrogen-bond donors (Lipinski definition) is 1. The van der Waals surface area contributed by atoms with Crippen molar-refractivity contribution in [2.75, 3.05) is 6.54 Å². The minimum Gasteiger partial charge on any atom is -0.349 e. The van der Waals surface area contributed by atoms with E-state index in [9.17, 15) is 9.59 Å². The maximum absolute atomic E-state index is 11.9. The van der Waals surface area contributed by atoms with Crippen molar-refractivity contribution in [3.05, 3.63) is 71.3 Å². The molecule has 0 aliphatic carbocycles. The Balaban J connectivity index is 1.85. The minimum absolute atomic E-state index is 0.424. The second-order valence-electron chi connectivity index (χ2n) is 4.69. The molecule has 0 atom stereocenters. The molecule has 1 N–H and O–H groups in total. The minimum atomic E-state index is -0.551. The molecule has 0 fully saturated rings. The molecular formula is C17H17NO2. The van der Waals surface area contributed by atoms with Crippen LogP contribution in [0.25, 0.3) is 0 Å². The van der Waals surface area contributed by atoms with Gasteiger partial charge < -0.3 is 5.32 Å². The summed E-state index contributed by atoms with van der Waals surface area (Å²) >= 11 is 0. The summed E-state index contributed by atoms with van der Waals surface area (Å²) in [5, 5.41) is 2.66. The molecule has 0 radical (unpaired) electrons. The quantitative estimate of drug-likeness (QED) is 0.668. The first-order chi connectivity index (χ1) is 9.66. The van der Waals surface area contributed by atoms with Crippen LogP contribution in [0.3, 0.4) is 0 Å². The molecule has 0 unspecified atom stereocenters. The average Bonchev–Trinajstić information content (AvgIpc) is 2.48. The second kappa shape index (κ2) is 6.66. The summed E-state index contributed by atoms with van der Waals surface area (Å²) in [5.74, 6) is -1.04. The topological polar surface area (TPSA) is 46.2 Å². The summed E-state index contributed by atoms with van der Waals surface area (Å²) in [6.45, 7) is 2.40. The number of rotatable bonds is 5. The molecule has 0 saturated heterocycles. The largest absolute Gasteiger partial charge is 0.349 e. The van der Waals surface area contributed by atoms with Crippen LogP contribution in [0.5, 0.6) is 0 Å². The zero-order chi connectivity index (χ0) is 14.4. The van der Waals surface area contributed by atoms with Gasteiger partial charge in [0.2, 0.25) is 5.78 Å². The average molecular weight is 267 g/mol. The van der Waals surface area contributed by atoms with Crippen LogP contribution in [0.15, 0.2) is 54.6 Å². The lowest BCUT2D eigenvalue weighted by molar-refractivity contribution is -0.116. The Kier molecular flexibility index (Phi) is 4.66. The predicted molar refractivity (Wildman–Crippen MR) is 78.7 cm³/mol. The molecule has 102 valence electrons. The van der Waals surface area contributed by atoms with Crippen LogP contribution in [0.1, 0.15) is 21.5 Å². The van der Waals surface area contributed by atoms with Crippen molar-refractivity contribution in [3.63, 3.8) is 0 Å². The number of hydrogen-bond acceptors (Lipinski definition) is 2. The highest BCUT2D eigenvalue weighted by Crippen LogP contribution is 2.04. The van der Waals surface area contributed by atoms with Gasteiger partial charge in [0.25, 0.3) is 5.91 Å². The molecule has 0 aromatic heterocycles. The zero-order valence-corrected chi connectivity index (χ0v) is 11.4. The van der Waals surface area contributed by atoms with E-state index < -0.39 is 11.7 Å². The van der Waals surface area contributed by atoms with E-state index in [0.29, 0.717) is 18.5 Å². The SMILES string of the molecule is Cc1ccc(C(=O)C(=O)NCCc2ccccc2)cc1. The van der Waals surface area contributed by atoms with E-state index in [1.807, 2.05) is 49.4 Å². The number of benzene rings is 2. The molecule has 20 heavy (non-hydrogen) atoms. The third-order valence-electron chi connectivity index (χ3n) is 3.06. The van der Waals surface area contributed by atoms with Crippen molar-refractivity contribution in [1.29, 1.82) is 0 Å². The van der Waals surface area contributed by atoms with E-state index in [-0.39, 0.29) is 0 Å². The van der Waals surface area contributed by atoms with E-state index >= 15 is 0 Å². The van der Waals surface area contributed by atoms with Gasteiger partial charge in [-0.1, -0.05) is 60.2 Å². The van der Waals surface area contributed by atoms with Gasteiger partial charge in [-0.2, -0.15) is 0 Å². The summed E-state index contributed by atoms with van der Waals surface area (Å²) in [6.07, 6.45) is 0.716. The number of Topliss-reactive ketones (excluding diaryl/α,β-unsaturated/α-hetero) is 1. The second-order valence-corrected chi connectivity index (χ2v) is 4.69. The maximum atomic E-state index is 11.9. The Morgan fingerprint density at radius 3 is 2.25 bits per heavy atom. The van der Waals surface area contributed by atoms with Crippen molar-refractivity contribution in [1.82, 2.24) is 5.32 Å². The van der Waals surface area contributed by atoms with Gasteiger partial charge in [0.05, 0.1) is 0 Å². The normalized spacial score (nSPS) is 10.1. The number of carbonyl (C=O) groups excluding carboxylic acids is 2. The van der Waals surface area contributed by atoms with Gasteiger partial charge in [0.1, 0.15) is 0 Å². The van der Waals surface area contributed by atoms with E-state index in [4.69, 9.17) is 0 Å². The molecular weight excluding hydrogens is 250 g/mol. The van der Waals surface area contributed by atoms with E-state index in [1.165, 1.54) is 0 Å². The van der Waals surface area contributed by atoms with Gasteiger partial charge in [0.15, 0.2) is 0 Å². The molecule has 0 saturated carbocycles. The molecule has 1 amide bonds. The van der Waals surface area contributed by atoms with Crippen molar-refractivity contribution in [2.45, 2.75) is 13.3 Å². The van der Waals surface area contributed by atoms with Crippen molar-refractivity contribution in [3.8, 4) is 0 Å². The van der Waals surface area contributed by atoms with Crippen molar-refractivity contribution >= 4 is 11.7 Å². The number of amides is 1. The van der Waals surface area contributed by atoms with Crippen molar-refractivity contribution < 1.29 is 9.59 Å². The molecule has 0 aliphatic heterocycles. The highest BCUT2D eigenvalue weighted by Gasteiger charge is 2.14. The van der Waals surface area contributed by atoms with Crippen molar-refractivity contribution in [2.24, 2.45) is 0 Å². The number of nitrogens with one attached hydrogen (secondary N) is 1. The lowest BCUT2D eigenvalue weighted by atomic mass is 10.1. The first-order valence-electron chi connectivity index (χ1n) is 6.60. The highest BCUT2D eigenvalue weighted by atomic mass is 16.2. The number of carbonyl (C=O) groups is 2. The molecule has 0 spiro atoms. The fraction of sp³-hybridized carbons (Fsp3) is 0.176. The zero-order valence-electron chi connectivity index (χ0n) is 11.4. The standard InChI is InChI=1S/C17H17NO2/c1-13-7-9-15(10-8-13)16(19)17(20)18-12-11-14-5-3-2-4-6-14/h2-10H,11-12H2,1H3,(H,18,20). The van der Waals surface area contributed by atoms with Gasteiger partial charge >= 0.3 is 0 Å². The summed E-state index contributed by atoms with van der Waals surface area (Å²) in [6, 6.07) is 16.8. The first-order valence-corrected chi connectivity index (χ1v) is 6.60. The number of ketones is 1. The molecule has 3 heteroatoms. The summed E-state index contributed by atoms with van der Waals surface area (Å²) in [4.78, 5) is 23.6. The lowest BCUT2D eigenvalue weighted by Gasteiger charge is -2.05. The summed E-state index contributed by atoms with van der Waals surface area (Å²) in [5.41, 5.74) is 2.62. The van der Waals surface area contributed by atoms with Gasteiger partial charge in [-0.15, -0.1) is 0 Å². The maximum Gasteiger partial charge on any atom is 0.292 e. The summed E-state index contributed by atoms with van der Waals surface area (Å²) in [7, 11) is 0. The van der Waals surface area contributed by atoms with E-state index in [2.05, 4.69) is 5.32 Å². The van der Waals surface area contributed by atoms with Gasteiger partial charge in [-0.3, -0.25) is 9.59 Å². The Labute approximate surface area is 118 Å². The fourth-order valence-electron chi connectivity index (χ4n) is 1.88. The molecule has 2 rings (SSSR count). The van der Waals surface area contributed by atoms with Gasteiger partial charge in [0, 0.05) is 12.1 Å². The molecule has 2 aromatic carbocycles. The molecule has 2 aromatic rings. The first kappa shape index (κ1) is 14.0. The van der Waals surface area contributed by atoms with Crippen LogP contribution in [0.2, 0.25) is 0 Å². The number of aryl methyl sites for hydroxylation is 1. The van der Waals surface area contributed by atoms with Crippen LogP contribution in [0, 0.1) is 6.92 Å². The Morgan fingerprint density at radius 2 is 1.60 bits per heavy atom. The van der Waals surface area contributed by atoms with Crippen LogP contribution >= 0.6 is 0 Å². The Bertz CT molecular complexity index is 588. The predicted octanol–water partition coefficient (Wildman–Crippen LogP) is 2.54. The van der Waals surface area contributed by atoms with Gasteiger partial charge in [-0.05, 0) is 18.9 Å². The molecule has 3 nitrogen and oxygen atoms in total. The van der Waals surface area contributed by atoms with Crippen LogP contribution in [-0.2, 0) is 11.2 Å². The van der Waals surface area contributed by atoms with Crippen LogP contribution in [0.4, 0.5) is 0 Å². The Morgan fingerprint density at radius 1 is 0.950 bits per heavy atom. The Hall–Kier alpha value is -2.42. The monoisotopic (exact) mass is 267 g/mol. The lowest BCUT2D eigenvalue weighted by Crippen LogP contribution is -2.32. The van der Waals surface area contributed by atoms with Crippen LogP contribution < -0.4 is 5.32 Å². The van der Waals surface area contributed by atoms with E-state index in [0.717, 1.165) is 11.1 Å². The molecule has 0 bridgehead atoms. The fourth-order valence-corrected chi connectivity index (χ4v) is 1.88. The van der Waals surface area contributed by atoms with E-state index in [1.54, 1.807) is 12.1 Å². The molecule has 0 heterocycles. The third-order valence-corrected chi connectivity index (χ3v) is 3.06. The third kappa shape index (κ3) is 3.79. The van der Waals surface area contributed by atoms with Crippen LogP contribution in [-0.4, -0.2) is 18.2 Å².